The molecular formula is C9H12INO2S. The Kier molecular flexibility index (Phi) is 4.18. The summed E-state index contributed by atoms with van der Waals surface area (Å²) in [7, 11) is -3.15. The molecule has 0 aliphatic carbocycles. The van der Waals surface area contributed by atoms with E-state index in [2.05, 4.69) is 27.3 Å². The lowest BCUT2D eigenvalue weighted by atomic mass is 10.3. The third-order valence-corrected chi connectivity index (χ3v) is 3.73. The monoisotopic (exact) mass is 325 g/mol. The molecule has 5 heteroatoms. The second-order valence-corrected chi connectivity index (χ2v) is 6.02. The van der Waals surface area contributed by atoms with Crippen LogP contribution in [0.1, 0.15) is 13.3 Å². The number of hydrogen-bond donors (Lipinski definition) is 1. The highest BCUT2D eigenvalue weighted by Crippen LogP contribution is 2.13. The van der Waals surface area contributed by atoms with E-state index in [0.717, 1.165) is 3.57 Å². The van der Waals surface area contributed by atoms with Crippen molar-refractivity contribution in [3.8, 4) is 0 Å². The molecule has 0 spiro atoms. The Bertz CT molecular complexity index is 403. The molecule has 14 heavy (non-hydrogen) atoms. The van der Waals surface area contributed by atoms with E-state index in [9.17, 15) is 8.42 Å². The Morgan fingerprint density at radius 1 is 1.43 bits per heavy atom. The van der Waals surface area contributed by atoms with Crippen molar-refractivity contribution in [2.24, 2.45) is 0 Å². The van der Waals surface area contributed by atoms with Gasteiger partial charge in [0.25, 0.3) is 0 Å². The molecule has 1 aromatic carbocycles. The summed E-state index contributed by atoms with van der Waals surface area (Å²) in [4.78, 5) is 0. The van der Waals surface area contributed by atoms with Crippen molar-refractivity contribution in [1.82, 2.24) is 0 Å². The zero-order chi connectivity index (χ0) is 10.6. The SMILES string of the molecule is CCCS(=O)(=O)Nc1cccc(I)c1. The van der Waals surface area contributed by atoms with Crippen LogP contribution in [-0.2, 0) is 10.0 Å². The molecule has 3 nitrogen and oxygen atoms in total. The lowest BCUT2D eigenvalue weighted by Gasteiger charge is -2.06. The molecule has 0 aliphatic heterocycles. The fourth-order valence-corrected chi connectivity index (χ4v) is 2.72. The summed E-state index contributed by atoms with van der Waals surface area (Å²) < 4.78 is 26.3. The van der Waals surface area contributed by atoms with Crippen LogP contribution in [0.3, 0.4) is 0 Å². The molecule has 0 fully saturated rings. The first-order valence-corrected chi connectivity index (χ1v) is 7.02. The van der Waals surface area contributed by atoms with Crippen LogP contribution in [0.4, 0.5) is 5.69 Å². The van der Waals surface area contributed by atoms with Crippen LogP contribution in [0.2, 0.25) is 0 Å². The summed E-state index contributed by atoms with van der Waals surface area (Å²) >= 11 is 2.14. The van der Waals surface area contributed by atoms with Gasteiger partial charge in [-0.15, -0.1) is 0 Å². The molecule has 78 valence electrons. The topological polar surface area (TPSA) is 46.2 Å². The highest BCUT2D eigenvalue weighted by molar-refractivity contribution is 14.1. The zero-order valence-electron chi connectivity index (χ0n) is 7.83. The van der Waals surface area contributed by atoms with Gasteiger partial charge in [0.1, 0.15) is 0 Å². The lowest BCUT2D eigenvalue weighted by Crippen LogP contribution is -2.15. The van der Waals surface area contributed by atoms with Gasteiger partial charge in [0.15, 0.2) is 0 Å². The van der Waals surface area contributed by atoms with Gasteiger partial charge in [-0.3, -0.25) is 4.72 Å². The van der Waals surface area contributed by atoms with E-state index in [4.69, 9.17) is 0 Å². The number of anilines is 1. The largest absolute Gasteiger partial charge is 0.284 e. The summed E-state index contributed by atoms with van der Waals surface area (Å²) in [5.41, 5.74) is 0.630. The maximum atomic E-state index is 11.4. The maximum Gasteiger partial charge on any atom is 0.232 e. The van der Waals surface area contributed by atoms with Crippen molar-refractivity contribution in [3.05, 3.63) is 27.8 Å². The van der Waals surface area contributed by atoms with Gasteiger partial charge < -0.3 is 0 Å². The molecule has 0 amide bonds. The van der Waals surface area contributed by atoms with E-state index < -0.39 is 10.0 Å². The second kappa shape index (κ2) is 4.97. The fraction of sp³-hybridized carbons (Fsp3) is 0.333. The van der Waals surface area contributed by atoms with Gasteiger partial charge in [0, 0.05) is 9.26 Å². The van der Waals surface area contributed by atoms with Crippen molar-refractivity contribution in [2.75, 3.05) is 10.5 Å². The Morgan fingerprint density at radius 3 is 2.71 bits per heavy atom. The molecule has 1 aromatic rings. The zero-order valence-corrected chi connectivity index (χ0v) is 10.8. The van der Waals surface area contributed by atoms with Gasteiger partial charge in [-0.1, -0.05) is 13.0 Å². The molecular weight excluding hydrogens is 313 g/mol. The van der Waals surface area contributed by atoms with Gasteiger partial charge in [-0.2, -0.15) is 0 Å². The van der Waals surface area contributed by atoms with E-state index in [1.165, 1.54) is 0 Å². The Hall–Kier alpha value is -0.300. The van der Waals surface area contributed by atoms with Gasteiger partial charge >= 0.3 is 0 Å². The van der Waals surface area contributed by atoms with Crippen LogP contribution in [0, 0.1) is 3.57 Å². The number of halogens is 1. The smallest absolute Gasteiger partial charge is 0.232 e. The van der Waals surface area contributed by atoms with E-state index in [1.807, 2.05) is 19.1 Å². The van der Waals surface area contributed by atoms with Crippen LogP contribution in [-0.4, -0.2) is 14.2 Å². The summed E-state index contributed by atoms with van der Waals surface area (Å²) in [6.07, 6.45) is 0.624. The molecule has 0 saturated carbocycles. The predicted octanol–water partition coefficient (Wildman–Crippen LogP) is 2.44. The van der Waals surface area contributed by atoms with Crippen LogP contribution in [0.25, 0.3) is 0 Å². The van der Waals surface area contributed by atoms with E-state index >= 15 is 0 Å². The summed E-state index contributed by atoms with van der Waals surface area (Å²) in [6.45, 7) is 1.84. The highest BCUT2D eigenvalue weighted by atomic mass is 127. The Morgan fingerprint density at radius 2 is 2.14 bits per heavy atom. The lowest BCUT2D eigenvalue weighted by molar-refractivity contribution is 0.600. The van der Waals surface area contributed by atoms with Crippen LogP contribution >= 0.6 is 22.6 Å². The van der Waals surface area contributed by atoms with Gasteiger partial charge in [0.05, 0.1) is 5.75 Å². The number of nitrogens with one attached hydrogen (secondary N) is 1. The summed E-state index contributed by atoms with van der Waals surface area (Å²) in [5.74, 6) is 0.165. The number of rotatable bonds is 4. The molecule has 0 bridgehead atoms. The Balaban J connectivity index is 2.79. The van der Waals surface area contributed by atoms with Crippen molar-refractivity contribution in [1.29, 1.82) is 0 Å². The van der Waals surface area contributed by atoms with E-state index in [0.29, 0.717) is 12.1 Å². The minimum Gasteiger partial charge on any atom is -0.284 e. The molecule has 0 atom stereocenters. The molecule has 0 aromatic heterocycles. The van der Waals surface area contributed by atoms with Gasteiger partial charge in [0.2, 0.25) is 10.0 Å². The summed E-state index contributed by atoms with van der Waals surface area (Å²) in [5, 5.41) is 0. The van der Waals surface area contributed by atoms with Gasteiger partial charge in [-0.05, 0) is 47.2 Å². The third-order valence-electron chi connectivity index (χ3n) is 1.57. The number of hydrogen-bond acceptors (Lipinski definition) is 2. The molecule has 0 aliphatic rings. The summed E-state index contributed by atoms with van der Waals surface area (Å²) in [6, 6.07) is 7.28. The average Bonchev–Trinajstić information content (AvgIpc) is 2.02. The molecule has 0 radical (unpaired) electrons. The van der Waals surface area contributed by atoms with Crippen molar-refractivity contribution >= 4 is 38.3 Å². The molecule has 1 rings (SSSR count). The molecule has 1 N–H and O–H groups in total. The van der Waals surface area contributed by atoms with E-state index in [1.54, 1.807) is 12.1 Å². The predicted molar refractivity (Wildman–Crippen MR) is 66.9 cm³/mol. The van der Waals surface area contributed by atoms with Crippen LogP contribution in [0.15, 0.2) is 24.3 Å². The molecule has 0 heterocycles. The fourth-order valence-electron chi connectivity index (χ4n) is 1.05. The molecule has 0 saturated heterocycles. The normalized spacial score (nSPS) is 11.3. The minimum absolute atomic E-state index is 0.165. The number of benzene rings is 1. The highest BCUT2D eigenvalue weighted by Gasteiger charge is 2.07. The molecule has 0 unspecified atom stereocenters. The minimum atomic E-state index is -3.15. The van der Waals surface area contributed by atoms with Crippen LogP contribution in [0.5, 0.6) is 0 Å². The number of sulfonamides is 1. The second-order valence-electron chi connectivity index (χ2n) is 2.93. The third kappa shape index (κ3) is 3.83. The Labute approximate surface area is 98.1 Å². The van der Waals surface area contributed by atoms with E-state index in [-0.39, 0.29) is 5.75 Å². The first kappa shape index (κ1) is 11.8. The standard InChI is InChI=1S/C9H12INO2S/c1-2-6-14(12,13)11-9-5-3-4-8(10)7-9/h3-5,7,11H,2,6H2,1H3. The van der Waals surface area contributed by atoms with Crippen molar-refractivity contribution in [3.63, 3.8) is 0 Å². The first-order valence-electron chi connectivity index (χ1n) is 4.29. The average molecular weight is 325 g/mol. The van der Waals surface area contributed by atoms with Crippen molar-refractivity contribution < 1.29 is 8.42 Å². The van der Waals surface area contributed by atoms with Crippen LogP contribution < -0.4 is 4.72 Å². The van der Waals surface area contributed by atoms with Gasteiger partial charge in [-0.25, -0.2) is 8.42 Å². The van der Waals surface area contributed by atoms with Crippen molar-refractivity contribution in [2.45, 2.75) is 13.3 Å². The quantitative estimate of drug-likeness (QED) is 0.865. The maximum absolute atomic E-state index is 11.4. The first-order chi connectivity index (χ1) is 6.53.